The summed E-state index contributed by atoms with van der Waals surface area (Å²) in [4.78, 5) is 27.2. The Morgan fingerprint density at radius 2 is 1.07 bits per heavy atom. The molecule has 0 spiro atoms. The lowest BCUT2D eigenvalue weighted by Gasteiger charge is -2.02. The number of nitro groups is 1. The summed E-state index contributed by atoms with van der Waals surface area (Å²) in [5.41, 5.74) is 12.1. The molecule has 2 aromatic carbocycles. The standard InChI is InChI=1S/C14H10N4O2S.C14H12N4S/c19-18(20)12-3-1-11(2-4-12)16-14-17-13(9-21-14)10-5-7-15-8-6-10;15-11-1-3-12(4-2-11)17-14-18-13(9-19-14)10-5-7-16-8-6-10/h1-9H,(H,16,17);1-9H,15H2,(H,17,18). The number of nitrogen functional groups attached to an aromatic ring is 1. The van der Waals surface area contributed by atoms with E-state index in [1.54, 1.807) is 48.3 Å². The van der Waals surface area contributed by atoms with Gasteiger partial charge in [0.25, 0.3) is 5.69 Å². The highest BCUT2D eigenvalue weighted by Gasteiger charge is 2.07. The van der Waals surface area contributed by atoms with Crippen LogP contribution >= 0.6 is 22.7 Å². The molecule has 0 atom stereocenters. The van der Waals surface area contributed by atoms with Gasteiger partial charge in [-0.1, -0.05) is 0 Å². The molecule has 4 heterocycles. The van der Waals surface area contributed by atoms with Gasteiger partial charge in [0.2, 0.25) is 0 Å². The Bertz CT molecular complexity index is 1670. The van der Waals surface area contributed by atoms with Gasteiger partial charge >= 0.3 is 0 Å². The van der Waals surface area contributed by atoms with Crippen LogP contribution in [0.1, 0.15) is 0 Å². The summed E-state index contributed by atoms with van der Waals surface area (Å²) in [5.74, 6) is 0. The number of nitrogens with two attached hydrogens (primary N) is 1. The Morgan fingerprint density at radius 1 is 0.650 bits per heavy atom. The number of nitrogens with one attached hydrogen (secondary N) is 2. The zero-order chi connectivity index (χ0) is 27.7. The van der Waals surface area contributed by atoms with Crippen molar-refractivity contribution in [3.63, 3.8) is 0 Å². The molecule has 0 saturated carbocycles. The molecule has 6 rings (SSSR count). The molecule has 0 aliphatic rings. The van der Waals surface area contributed by atoms with Crippen LogP contribution in [-0.2, 0) is 0 Å². The molecule has 0 unspecified atom stereocenters. The molecule has 4 N–H and O–H groups in total. The van der Waals surface area contributed by atoms with Gasteiger partial charge in [-0.3, -0.25) is 20.1 Å². The zero-order valence-corrected chi connectivity index (χ0v) is 22.5. The summed E-state index contributed by atoms with van der Waals surface area (Å²) >= 11 is 3.04. The van der Waals surface area contributed by atoms with E-state index in [4.69, 9.17) is 5.73 Å². The maximum absolute atomic E-state index is 10.6. The monoisotopic (exact) mass is 566 g/mol. The van der Waals surface area contributed by atoms with Crippen LogP contribution in [0.25, 0.3) is 22.5 Å². The molecule has 0 radical (unpaired) electrons. The number of nitrogens with zero attached hydrogens (tertiary/aromatic N) is 5. The first-order chi connectivity index (χ1) is 19.5. The minimum absolute atomic E-state index is 0.0668. The molecule has 0 amide bonds. The number of rotatable bonds is 7. The van der Waals surface area contributed by atoms with Crippen molar-refractivity contribution < 1.29 is 4.92 Å². The Balaban J connectivity index is 0.000000162. The number of hydrogen-bond donors (Lipinski definition) is 3. The molecule has 0 bridgehead atoms. The van der Waals surface area contributed by atoms with Gasteiger partial charge in [-0.2, -0.15) is 0 Å². The smallest absolute Gasteiger partial charge is 0.269 e. The minimum atomic E-state index is -0.422. The van der Waals surface area contributed by atoms with E-state index in [1.807, 2.05) is 59.3 Å². The molecule has 6 aromatic rings. The van der Waals surface area contributed by atoms with E-state index < -0.39 is 4.92 Å². The molecule has 40 heavy (non-hydrogen) atoms. The lowest BCUT2D eigenvalue weighted by molar-refractivity contribution is -0.384. The van der Waals surface area contributed by atoms with Gasteiger partial charge in [-0.15, -0.1) is 22.7 Å². The van der Waals surface area contributed by atoms with E-state index in [2.05, 4.69) is 30.6 Å². The fourth-order valence-corrected chi connectivity index (χ4v) is 4.93. The second-order valence-electron chi connectivity index (χ2n) is 8.22. The van der Waals surface area contributed by atoms with Crippen molar-refractivity contribution in [2.24, 2.45) is 0 Å². The average Bonchev–Trinajstić information content (AvgIpc) is 3.66. The van der Waals surface area contributed by atoms with Gasteiger partial charge in [0.1, 0.15) is 0 Å². The highest BCUT2D eigenvalue weighted by Crippen LogP contribution is 2.28. The third-order valence-corrected chi connectivity index (χ3v) is 6.97. The summed E-state index contributed by atoms with van der Waals surface area (Å²) in [6.07, 6.45) is 6.97. The number of non-ortho nitro benzene ring substituents is 1. The van der Waals surface area contributed by atoms with Crippen LogP contribution in [0.2, 0.25) is 0 Å². The molecule has 0 fully saturated rings. The summed E-state index contributed by atoms with van der Waals surface area (Å²) in [5, 5.41) is 22.5. The second-order valence-corrected chi connectivity index (χ2v) is 9.94. The van der Waals surface area contributed by atoms with Crippen LogP contribution in [0.3, 0.4) is 0 Å². The van der Waals surface area contributed by atoms with Crippen LogP contribution in [-0.4, -0.2) is 24.9 Å². The van der Waals surface area contributed by atoms with E-state index >= 15 is 0 Å². The van der Waals surface area contributed by atoms with Crippen molar-refractivity contribution in [3.8, 4) is 22.5 Å². The third-order valence-electron chi connectivity index (χ3n) is 5.45. The molecule has 198 valence electrons. The third kappa shape index (κ3) is 7.01. The number of benzene rings is 2. The number of aromatic nitrogens is 4. The van der Waals surface area contributed by atoms with E-state index in [0.29, 0.717) is 0 Å². The molecule has 12 heteroatoms. The zero-order valence-electron chi connectivity index (χ0n) is 20.8. The van der Waals surface area contributed by atoms with Gasteiger partial charge < -0.3 is 16.4 Å². The number of hydrogen-bond acceptors (Lipinski definition) is 11. The summed E-state index contributed by atoms with van der Waals surface area (Å²) in [7, 11) is 0. The lowest BCUT2D eigenvalue weighted by atomic mass is 10.2. The molecular weight excluding hydrogens is 544 g/mol. The van der Waals surface area contributed by atoms with Crippen molar-refractivity contribution in [1.29, 1.82) is 0 Å². The fraction of sp³-hybridized carbons (Fsp3) is 0. The van der Waals surface area contributed by atoms with Crippen molar-refractivity contribution in [2.75, 3.05) is 16.4 Å². The van der Waals surface area contributed by atoms with Gasteiger partial charge in [0, 0.05) is 75.9 Å². The van der Waals surface area contributed by atoms with Gasteiger partial charge in [0.05, 0.1) is 16.3 Å². The predicted octanol–water partition coefficient (Wildman–Crippen LogP) is 7.39. The maximum atomic E-state index is 10.6. The van der Waals surface area contributed by atoms with Crippen LogP contribution < -0.4 is 16.4 Å². The first-order valence-corrected chi connectivity index (χ1v) is 13.7. The quantitative estimate of drug-likeness (QED) is 0.102. The van der Waals surface area contributed by atoms with Crippen LogP contribution in [0.15, 0.2) is 108 Å². The topological polar surface area (TPSA) is 145 Å². The van der Waals surface area contributed by atoms with Crippen LogP contribution in [0.4, 0.5) is 33.0 Å². The van der Waals surface area contributed by atoms with Crippen molar-refractivity contribution in [2.45, 2.75) is 0 Å². The molecule has 4 aromatic heterocycles. The number of thiazole rings is 2. The first kappa shape index (κ1) is 26.4. The lowest BCUT2D eigenvalue weighted by Crippen LogP contribution is -1.91. The van der Waals surface area contributed by atoms with E-state index in [-0.39, 0.29) is 5.69 Å². The minimum Gasteiger partial charge on any atom is -0.399 e. The summed E-state index contributed by atoms with van der Waals surface area (Å²) in [6, 6.07) is 21.5. The van der Waals surface area contributed by atoms with Gasteiger partial charge in [0.15, 0.2) is 10.3 Å². The normalized spacial score (nSPS) is 10.3. The Morgan fingerprint density at radius 3 is 1.50 bits per heavy atom. The highest BCUT2D eigenvalue weighted by molar-refractivity contribution is 7.14. The average molecular weight is 567 g/mol. The summed E-state index contributed by atoms with van der Waals surface area (Å²) in [6.45, 7) is 0. The predicted molar refractivity (Wildman–Crippen MR) is 161 cm³/mol. The van der Waals surface area contributed by atoms with Gasteiger partial charge in [-0.25, -0.2) is 9.97 Å². The Labute approximate surface area is 237 Å². The van der Waals surface area contributed by atoms with Crippen LogP contribution in [0, 0.1) is 10.1 Å². The van der Waals surface area contributed by atoms with Crippen molar-refractivity contribution >= 4 is 55.7 Å². The Hall–Kier alpha value is -5.20. The fourth-order valence-electron chi connectivity index (χ4n) is 3.45. The molecule has 10 nitrogen and oxygen atoms in total. The number of anilines is 5. The number of pyridine rings is 2. The van der Waals surface area contributed by atoms with Crippen molar-refractivity contribution in [3.05, 3.63) is 118 Å². The largest absolute Gasteiger partial charge is 0.399 e. The molecule has 0 aliphatic heterocycles. The van der Waals surface area contributed by atoms with Crippen LogP contribution in [0.5, 0.6) is 0 Å². The number of nitro benzene ring substituents is 1. The van der Waals surface area contributed by atoms with Gasteiger partial charge in [-0.05, 0) is 60.7 Å². The molecule has 0 aliphatic carbocycles. The first-order valence-electron chi connectivity index (χ1n) is 11.9. The molecular formula is C28H22N8O2S2. The highest BCUT2D eigenvalue weighted by atomic mass is 32.1. The van der Waals surface area contributed by atoms with E-state index in [0.717, 1.165) is 49.8 Å². The second kappa shape index (κ2) is 12.6. The maximum Gasteiger partial charge on any atom is 0.269 e. The Kier molecular flexibility index (Phi) is 8.29. The molecule has 0 saturated heterocycles. The van der Waals surface area contributed by atoms with E-state index in [9.17, 15) is 10.1 Å². The summed E-state index contributed by atoms with van der Waals surface area (Å²) < 4.78 is 0. The van der Waals surface area contributed by atoms with Crippen molar-refractivity contribution in [1.82, 2.24) is 19.9 Å². The SMILES string of the molecule is Nc1ccc(Nc2nc(-c3ccncc3)cs2)cc1.O=[N+]([O-])c1ccc(Nc2nc(-c3ccncc3)cs2)cc1. The van der Waals surface area contributed by atoms with E-state index in [1.165, 1.54) is 23.5 Å².